The first kappa shape index (κ1) is 13.4. The van der Waals surface area contributed by atoms with Crippen molar-refractivity contribution >= 4 is 10.9 Å². The lowest BCUT2D eigenvalue weighted by Crippen LogP contribution is -2.02. The van der Waals surface area contributed by atoms with Crippen molar-refractivity contribution < 1.29 is 17.9 Å². The Balaban J connectivity index is 1.81. The first-order chi connectivity index (χ1) is 10.0. The van der Waals surface area contributed by atoms with E-state index in [0.29, 0.717) is 6.07 Å². The van der Waals surface area contributed by atoms with Crippen LogP contribution < -0.4 is 4.74 Å². The van der Waals surface area contributed by atoms with Crippen LogP contribution >= 0.6 is 0 Å². The van der Waals surface area contributed by atoms with E-state index >= 15 is 0 Å². The van der Waals surface area contributed by atoms with Crippen molar-refractivity contribution in [1.82, 2.24) is 14.8 Å². The van der Waals surface area contributed by atoms with Gasteiger partial charge in [0.25, 0.3) is 11.8 Å². The fourth-order valence-electron chi connectivity index (χ4n) is 1.98. The third kappa shape index (κ3) is 2.54. The molecule has 1 aromatic carbocycles. The van der Waals surface area contributed by atoms with Crippen molar-refractivity contribution in [3.8, 4) is 5.88 Å². The minimum atomic E-state index is -1.39. The first-order valence-electron chi connectivity index (χ1n) is 6.09. The van der Waals surface area contributed by atoms with E-state index < -0.39 is 23.5 Å². The standard InChI is InChI=1S/C14H10F3N3O/c1-20-12-3-2-8(4-9(12)6-18-20)7-21-14-11(16)5-10(15)13(17)19-14/h2-6H,7H2,1H3. The summed E-state index contributed by atoms with van der Waals surface area (Å²) in [6.45, 7) is -0.0141. The van der Waals surface area contributed by atoms with Gasteiger partial charge in [0.05, 0.1) is 11.7 Å². The van der Waals surface area contributed by atoms with Gasteiger partial charge >= 0.3 is 0 Å². The van der Waals surface area contributed by atoms with E-state index in [1.807, 2.05) is 19.2 Å². The number of aromatic nitrogens is 3. The molecular weight excluding hydrogens is 283 g/mol. The van der Waals surface area contributed by atoms with Crippen molar-refractivity contribution in [3.05, 3.63) is 53.6 Å². The molecule has 2 aromatic heterocycles. The van der Waals surface area contributed by atoms with Gasteiger partial charge in [0.1, 0.15) is 6.61 Å². The molecule has 3 aromatic rings. The first-order valence-corrected chi connectivity index (χ1v) is 6.09. The van der Waals surface area contributed by atoms with E-state index in [0.717, 1.165) is 16.5 Å². The van der Waals surface area contributed by atoms with Crippen LogP contribution in [0.15, 0.2) is 30.5 Å². The molecule has 0 radical (unpaired) electrons. The second-order valence-electron chi connectivity index (χ2n) is 4.50. The number of pyridine rings is 1. The predicted octanol–water partition coefficient (Wildman–Crippen LogP) is 2.96. The highest BCUT2D eigenvalue weighted by Gasteiger charge is 2.13. The maximum absolute atomic E-state index is 13.4. The molecule has 7 heteroatoms. The average molecular weight is 293 g/mol. The minimum absolute atomic E-state index is 0.0141. The quantitative estimate of drug-likeness (QED) is 0.697. The summed E-state index contributed by atoms with van der Waals surface area (Å²) in [6, 6.07) is 5.85. The molecule has 0 N–H and O–H groups in total. The molecule has 0 spiro atoms. The largest absolute Gasteiger partial charge is 0.471 e. The fraction of sp³-hybridized carbons (Fsp3) is 0.143. The van der Waals surface area contributed by atoms with Gasteiger partial charge in [-0.3, -0.25) is 4.68 Å². The summed E-state index contributed by atoms with van der Waals surface area (Å²) in [5.41, 5.74) is 1.68. The monoisotopic (exact) mass is 293 g/mol. The Hall–Kier alpha value is -2.57. The Morgan fingerprint density at radius 3 is 2.76 bits per heavy atom. The Morgan fingerprint density at radius 2 is 1.95 bits per heavy atom. The van der Waals surface area contributed by atoms with Crippen molar-refractivity contribution in [1.29, 1.82) is 0 Å². The molecule has 0 aliphatic heterocycles. The summed E-state index contributed by atoms with van der Waals surface area (Å²) >= 11 is 0. The molecule has 2 heterocycles. The maximum atomic E-state index is 13.4. The Bertz CT molecular complexity index is 817. The molecule has 0 saturated heterocycles. The zero-order valence-electron chi connectivity index (χ0n) is 11.0. The molecule has 0 aliphatic rings. The highest BCUT2D eigenvalue weighted by molar-refractivity contribution is 5.79. The van der Waals surface area contributed by atoms with Crippen LogP contribution in [0.1, 0.15) is 5.56 Å². The maximum Gasteiger partial charge on any atom is 0.253 e. The van der Waals surface area contributed by atoms with Gasteiger partial charge in [0.2, 0.25) is 0 Å². The molecule has 0 bridgehead atoms. The molecule has 21 heavy (non-hydrogen) atoms. The molecule has 3 rings (SSSR count). The number of halogens is 3. The number of aryl methyl sites for hydroxylation is 1. The number of hydrogen-bond acceptors (Lipinski definition) is 3. The van der Waals surface area contributed by atoms with Crippen molar-refractivity contribution in [2.45, 2.75) is 6.61 Å². The highest BCUT2D eigenvalue weighted by atomic mass is 19.2. The van der Waals surface area contributed by atoms with Gasteiger partial charge in [-0.05, 0) is 17.7 Å². The van der Waals surface area contributed by atoms with Gasteiger partial charge in [-0.25, -0.2) is 8.78 Å². The fourth-order valence-corrected chi connectivity index (χ4v) is 1.98. The summed E-state index contributed by atoms with van der Waals surface area (Å²) < 4.78 is 45.9. The predicted molar refractivity (Wildman–Crippen MR) is 69.2 cm³/mol. The molecular formula is C14H10F3N3O. The minimum Gasteiger partial charge on any atom is -0.471 e. The lowest BCUT2D eigenvalue weighted by molar-refractivity contribution is 0.268. The van der Waals surface area contributed by atoms with Crippen LogP contribution in [0.5, 0.6) is 5.88 Å². The van der Waals surface area contributed by atoms with Crippen LogP contribution in [-0.4, -0.2) is 14.8 Å². The molecule has 0 atom stereocenters. The average Bonchev–Trinajstić information content (AvgIpc) is 2.82. The molecule has 0 aliphatic carbocycles. The molecule has 0 amide bonds. The summed E-state index contributed by atoms with van der Waals surface area (Å²) in [4.78, 5) is 3.10. The summed E-state index contributed by atoms with van der Waals surface area (Å²) in [5, 5.41) is 5.00. The van der Waals surface area contributed by atoms with E-state index in [2.05, 4.69) is 10.1 Å². The lowest BCUT2D eigenvalue weighted by atomic mass is 10.2. The van der Waals surface area contributed by atoms with Gasteiger partial charge in [0.15, 0.2) is 11.6 Å². The summed E-state index contributed by atoms with van der Waals surface area (Å²) in [6.07, 6.45) is 1.69. The molecule has 0 unspecified atom stereocenters. The number of rotatable bonds is 3. The van der Waals surface area contributed by atoms with Gasteiger partial charge < -0.3 is 4.74 Å². The molecule has 0 saturated carbocycles. The van der Waals surface area contributed by atoms with Crippen LogP contribution in [0, 0.1) is 17.6 Å². The normalized spacial score (nSPS) is 11.0. The van der Waals surface area contributed by atoms with Crippen molar-refractivity contribution in [2.75, 3.05) is 0 Å². The summed E-state index contributed by atoms with van der Waals surface area (Å²) in [7, 11) is 1.82. The van der Waals surface area contributed by atoms with Crippen LogP contribution in [0.2, 0.25) is 0 Å². The second-order valence-corrected chi connectivity index (χ2v) is 4.50. The van der Waals surface area contributed by atoms with Gasteiger partial charge in [-0.15, -0.1) is 0 Å². The number of ether oxygens (including phenoxy) is 1. The van der Waals surface area contributed by atoms with Crippen LogP contribution in [-0.2, 0) is 13.7 Å². The number of nitrogens with zero attached hydrogens (tertiary/aromatic N) is 3. The van der Waals surface area contributed by atoms with Crippen molar-refractivity contribution in [2.24, 2.45) is 7.05 Å². The van der Waals surface area contributed by atoms with E-state index in [1.165, 1.54) is 0 Å². The number of benzene rings is 1. The zero-order valence-corrected chi connectivity index (χ0v) is 11.0. The van der Waals surface area contributed by atoms with E-state index in [-0.39, 0.29) is 6.61 Å². The van der Waals surface area contributed by atoms with Crippen LogP contribution in [0.4, 0.5) is 13.2 Å². The van der Waals surface area contributed by atoms with Crippen molar-refractivity contribution in [3.63, 3.8) is 0 Å². The summed E-state index contributed by atoms with van der Waals surface area (Å²) in [5.74, 6) is -4.36. The third-order valence-electron chi connectivity index (χ3n) is 3.04. The van der Waals surface area contributed by atoms with Gasteiger partial charge in [0, 0.05) is 18.5 Å². The van der Waals surface area contributed by atoms with Crippen LogP contribution in [0.25, 0.3) is 10.9 Å². The topological polar surface area (TPSA) is 39.9 Å². The Labute approximate surface area is 117 Å². The van der Waals surface area contributed by atoms with Gasteiger partial charge in [-0.2, -0.15) is 14.5 Å². The van der Waals surface area contributed by atoms with Gasteiger partial charge in [-0.1, -0.05) is 6.07 Å². The molecule has 4 nitrogen and oxygen atoms in total. The zero-order chi connectivity index (χ0) is 15.0. The molecule has 0 fully saturated rings. The number of hydrogen-bond donors (Lipinski definition) is 0. The highest BCUT2D eigenvalue weighted by Crippen LogP contribution is 2.19. The second kappa shape index (κ2) is 5.08. The van der Waals surface area contributed by atoms with E-state index in [4.69, 9.17) is 4.74 Å². The number of fused-ring (bicyclic) bond motifs is 1. The molecule has 108 valence electrons. The van der Waals surface area contributed by atoms with Crippen LogP contribution in [0.3, 0.4) is 0 Å². The Kier molecular flexibility index (Phi) is 3.25. The van der Waals surface area contributed by atoms with E-state index in [1.54, 1.807) is 16.9 Å². The SMILES string of the molecule is Cn1ncc2cc(COc3nc(F)c(F)cc3F)ccc21. The van der Waals surface area contributed by atoms with E-state index in [9.17, 15) is 13.2 Å². The smallest absolute Gasteiger partial charge is 0.253 e. The lowest BCUT2D eigenvalue weighted by Gasteiger charge is -2.07. The Morgan fingerprint density at radius 1 is 1.14 bits per heavy atom. The third-order valence-corrected chi connectivity index (χ3v) is 3.04.